The number of carboxylic acid groups (broad SMARTS) is 1. The zero-order chi connectivity index (χ0) is 9.19. The smallest absolute Gasteiger partial charge is 0.320 e. The van der Waals surface area contributed by atoms with Crippen LogP contribution < -0.4 is 11.5 Å². The predicted octanol–water partition coefficient (Wildman–Crippen LogP) is -1.44. The second-order valence-corrected chi connectivity index (χ2v) is 2.66. The number of carbonyl (C=O) groups is 1. The number of nitrogens with zero attached hydrogens (tertiary/aromatic N) is 2. The lowest BCUT2D eigenvalue weighted by atomic mass is 10.0. The SMILES string of the molecule is NC(CC1(N)C=NC=N1)C(=O)O. The van der Waals surface area contributed by atoms with Crippen LogP contribution in [0.2, 0.25) is 0 Å². The molecule has 0 saturated heterocycles. The summed E-state index contributed by atoms with van der Waals surface area (Å²) in [5.74, 6) is -1.09. The second kappa shape index (κ2) is 3.00. The molecule has 1 aliphatic heterocycles. The summed E-state index contributed by atoms with van der Waals surface area (Å²) in [5, 5.41) is 8.48. The average Bonchev–Trinajstić information content (AvgIpc) is 2.35. The fraction of sp³-hybridized carbons (Fsp3) is 0.500. The van der Waals surface area contributed by atoms with E-state index in [4.69, 9.17) is 16.6 Å². The summed E-state index contributed by atoms with van der Waals surface area (Å²) in [4.78, 5) is 17.8. The molecule has 66 valence electrons. The van der Waals surface area contributed by atoms with E-state index in [1.165, 1.54) is 12.6 Å². The number of carboxylic acids is 1. The number of nitrogens with two attached hydrogens (primary N) is 2. The molecule has 1 aliphatic rings. The molecule has 5 N–H and O–H groups in total. The molecule has 0 radical (unpaired) electrons. The van der Waals surface area contributed by atoms with Gasteiger partial charge in [0.15, 0.2) is 0 Å². The maximum atomic E-state index is 10.4. The highest BCUT2D eigenvalue weighted by atomic mass is 16.4. The number of hydrogen-bond donors (Lipinski definition) is 3. The van der Waals surface area contributed by atoms with Crippen molar-refractivity contribution in [2.24, 2.45) is 21.5 Å². The molecule has 0 aromatic carbocycles. The Morgan fingerprint density at radius 2 is 2.42 bits per heavy atom. The Labute approximate surface area is 69.0 Å². The van der Waals surface area contributed by atoms with Gasteiger partial charge in [0.1, 0.15) is 18.0 Å². The molecule has 12 heavy (non-hydrogen) atoms. The molecule has 0 spiro atoms. The van der Waals surface area contributed by atoms with Gasteiger partial charge in [0.05, 0.1) is 0 Å². The van der Waals surface area contributed by atoms with Gasteiger partial charge in [-0.15, -0.1) is 0 Å². The molecule has 0 fully saturated rings. The van der Waals surface area contributed by atoms with Crippen LogP contribution >= 0.6 is 0 Å². The molecule has 0 aromatic rings. The fourth-order valence-corrected chi connectivity index (χ4v) is 0.882. The Morgan fingerprint density at radius 3 is 2.83 bits per heavy atom. The molecule has 2 atom stereocenters. The summed E-state index contributed by atoms with van der Waals surface area (Å²) in [6.07, 6.45) is 2.73. The van der Waals surface area contributed by atoms with Gasteiger partial charge >= 0.3 is 5.97 Å². The zero-order valence-corrected chi connectivity index (χ0v) is 6.34. The number of hydrogen-bond acceptors (Lipinski definition) is 5. The van der Waals surface area contributed by atoms with E-state index < -0.39 is 17.7 Å². The van der Waals surface area contributed by atoms with E-state index in [-0.39, 0.29) is 6.42 Å². The Balaban J connectivity index is 2.56. The van der Waals surface area contributed by atoms with Crippen molar-refractivity contribution in [3.05, 3.63) is 0 Å². The summed E-state index contributed by atoms with van der Waals surface area (Å²) in [6, 6.07) is -1.00. The molecule has 0 saturated carbocycles. The molecule has 6 nitrogen and oxygen atoms in total. The lowest BCUT2D eigenvalue weighted by Gasteiger charge is -2.18. The van der Waals surface area contributed by atoms with Crippen LogP contribution in [0, 0.1) is 0 Å². The molecule has 0 bridgehead atoms. The summed E-state index contributed by atoms with van der Waals surface area (Å²) in [5.41, 5.74) is 9.84. The van der Waals surface area contributed by atoms with Crippen molar-refractivity contribution in [3.8, 4) is 0 Å². The van der Waals surface area contributed by atoms with Crippen LogP contribution in [0.3, 0.4) is 0 Å². The highest BCUT2D eigenvalue weighted by Crippen LogP contribution is 2.11. The van der Waals surface area contributed by atoms with E-state index in [1.807, 2.05) is 0 Å². The van der Waals surface area contributed by atoms with Crippen LogP contribution in [0.1, 0.15) is 6.42 Å². The third kappa shape index (κ3) is 1.86. The van der Waals surface area contributed by atoms with E-state index in [9.17, 15) is 4.79 Å². The normalized spacial score (nSPS) is 29.2. The minimum absolute atomic E-state index is 0.0579. The van der Waals surface area contributed by atoms with Crippen LogP contribution in [-0.4, -0.2) is 35.3 Å². The molecule has 1 heterocycles. The van der Waals surface area contributed by atoms with Gasteiger partial charge in [-0.1, -0.05) is 0 Å². The zero-order valence-electron chi connectivity index (χ0n) is 6.34. The predicted molar refractivity (Wildman–Crippen MR) is 44.1 cm³/mol. The van der Waals surface area contributed by atoms with E-state index in [2.05, 4.69) is 9.98 Å². The Morgan fingerprint density at radius 1 is 1.75 bits per heavy atom. The van der Waals surface area contributed by atoms with Crippen molar-refractivity contribution in [2.75, 3.05) is 0 Å². The minimum Gasteiger partial charge on any atom is -0.480 e. The van der Waals surface area contributed by atoms with Crippen molar-refractivity contribution < 1.29 is 9.90 Å². The van der Waals surface area contributed by atoms with Crippen LogP contribution in [0.5, 0.6) is 0 Å². The Hall–Kier alpha value is -1.27. The first-order chi connectivity index (χ1) is 5.53. The lowest BCUT2D eigenvalue weighted by Crippen LogP contribution is -2.46. The first-order valence-corrected chi connectivity index (χ1v) is 3.39. The first-order valence-electron chi connectivity index (χ1n) is 3.39. The van der Waals surface area contributed by atoms with Crippen molar-refractivity contribution in [3.63, 3.8) is 0 Å². The van der Waals surface area contributed by atoms with Crippen molar-refractivity contribution in [1.29, 1.82) is 0 Å². The van der Waals surface area contributed by atoms with Crippen LogP contribution in [0.25, 0.3) is 0 Å². The van der Waals surface area contributed by atoms with Crippen LogP contribution in [-0.2, 0) is 4.79 Å². The monoisotopic (exact) mass is 170 g/mol. The summed E-state index contributed by atoms with van der Waals surface area (Å²) in [7, 11) is 0. The van der Waals surface area contributed by atoms with E-state index in [1.54, 1.807) is 0 Å². The van der Waals surface area contributed by atoms with Crippen molar-refractivity contribution in [1.82, 2.24) is 0 Å². The van der Waals surface area contributed by atoms with Crippen LogP contribution in [0.4, 0.5) is 0 Å². The van der Waals surface area contributed by atoms with Crippen molar-refractivity contribution in [2.45, 2.75) is 18.1 Å². The van der Waals surface area contributed by atoms with Gasteiger partial charge in [0.2, 0.25) is 0 Å². The van der Waals surface area contributed by atoms with Gasteiger partial charge in [-0.25, -0.2) is 9.98 Å². The minimum atomic E-state index is -1.09. The summed E-state index contributed by atoms with van der Waals surface area (Å²) >= 11 is 0. The summed E-state index contributed by atoms with van der Waals surface area (Å²) < 4.78 is 0. The number of rotatable bonds is 3. The van der Waals surface area contributed by atoms with Gasteiger partial charge < -0.3 is 16.6 Å². The highest BCUT2D eigenvalue weighted by molar-refractivity contribution is 5.86. The Kier molecular flexibility index (Phi) is 2.20. The molecular weight excluding hydrogens is 160 g/mol. The first kappa shape index (κ1) is 8.82. The molecular formula is C6H10N4O2. The quantitative estimate of drug-likeness (QED) is 0.481. The maximum Gasteiger partial charge on any atom is 0.320 e. The van der Waals surface area contributed by atoms with E-state index in [0.29, 0.717) is 0 Å². The standard InChI is InChI=1S/C6H10N4O2/c7-4(5(11)12)1-6(8)2-9-3-10-6/h2-4H,1,7-8H2,(H,11,12). The second-order valence-electron chi connectivity index (χ2n) is 2.66. The number of aliphatic carboxylic acids is 1. The van der Waals surface area contributed by atoms with Gasteiger partial charge in [-0.2, -0.15) is 0 Å². The lowest BCUT2D eigenvalue weighted by molar-refractivity contribution is -0.138. The number of aliphatic imine (C=N–C) groups is 2. The molecule has 6 heteroatoms. The Bertz CT molecular complexity index is 236. The average molecular weight is 170 g/mol. The van der Waals surface area contributed by atoms with Gasteiger partial charge in [0, 0.05) is 12.6 Å². The molecule has 0 amide bonds. The van der Waals surface area contributed by atoms with E-state index in [0.717, 1.165) is 0 Å². The molecule has 2 unspecified atom stereocenters. The molecule has 1 rings (SSSR count). The third-order valence-corrected chi connectivity index (χ3v) is 1.53. The van der Waals surface area contributed by atoms with Crippen molar-refractivity contribution >= 4 is 18.5 Å². The van der Waals surface area contributed by atoms with Gasteiger partial charge in [-0.3, -0.25) is 4.79 Å². The summed E-state index contributed by atoms with van der Waals surface area (Å²) in [6.45, 7) is 0. The fourth-order valence-electron chi connectivity index (χ4n) is 0.882. The van der Waals surface area contributed by atoms with Gasteiger partial charge in [-0.05, 0) is 0 Å². The largest absolute Gasteiger partial charge is 0.480 e. The van der Waals surface area contributed by atoms with Gasteiger partial charge in [0.25, 0.3) is 0 Å². The molecule has 0 aromatic heterocycles. The maximum absolute atomic E-state index is 10.4. The van der Waals surface area contributed by atoms with E-state index >= 15 is 0 Å². The molecule has 0 aliphatic carbocycles. The third-order valence-electron chi connectivity index (χ3n) is 1.53. The van der Waals surface area contributed by atoms with Crippen LogP contribution in [0.15, 0.2) is 9.98 Å². The highest BCUT2D eigenvalue weighted by Gasteiger charge is 2.29. The topological polar surface area (TPSA) is 114 Å².